The molecule has 0 aliphatic rings. The second-order valence-corrected chi connectivity index (χ2v) is 11.6. The van der Waals surface area contributed by atoms with Gasteiger partial charge in [-0.2, -0.15) is 0 Å². The zero-order chi connectivity index (χ0) is 33.3. The maximum absolute atomic E-state index is 13.2. The minimum atomic E-state index is -0.702. The summed E-state index contributed by atoms with van der Waals surface area (Å²) in [4.78, 5) is 41.0. The van der Waals surface area contributed by atoms with Gasteiger partial charge in [-0.3, -0.25) is 9.59 Å². The van der Waals surface area contributed by atoms with E-state index in [1.54, 1.807) is 30.3 Å². The predicted molar refractivity (Wildman–Crippen MR) is 187 cm³/mol. The third kappa shape index (κ3) is 11.1. The maximum atomic E-state index is 13.2. The molecule has 0 saturated heterocycles. The van der Waals surface area contributed by atoms with Crippen LogP contribution in [0.2, 0.25) is 0 Å². The average molecular weight is 635 g/mol. The van der Waals surface area contributed by atoms with Crippen molar-refractivity contribution in [2.75, 3.05) is 25.6 Å². The van der Waals surface area contributed by atoms with Crippen LogP contribution in [-0.4, -0.2) is 48.9 Å². The Labute approximate surface area is 278 Å². The third-order valence-electron chi connectivity index (χ3n) is 8.04. The van der Waals surface area contributed by atoms with Crippen LogP contribution in [-0.2, 0) is 27.3 Å². The summed E-state index contributed by atoms with van der Waals surface area (Å²) in [7, 11) is 1.36. The molecule has 1 N–H and O–H groups in total. The van der Waals surface area contributed by atoms with E-state index in [9.17, 15) is 14.4 Å². The fourth-order valence-corrected chi connectivity index (χ4v) is 5.44. The molecule has 0 radical (unpaired) electrons. The highest BCUT2D eigenvalue weighted by Gasteiger charge is 2.23. The van der Waals surface area contributed by atoms with Gasteiger partial charge in [0.1, 0.15) is 11.8 Å². The summed E-state index contributed by atoms with van der Waals surface area (Å²) >= 11 is 0. The number of ether oxygens (including phenoxy) is 2. The van der Waals surface area contributed by atoms with Gasteiger partial charge >= 0.3 is 5.97 Å². The number of methoxy groups -OCH3 is 1. The van der Waals surface area contributed by atoms with Crippen molar-refractivity contribution in [3.63, 3.8) is 0 Å². The smallest absolute Gasteiger partial charge is 0.328 e. The van der Waals surface area contributed by atoms with Crippen LogP contribution in [0.5, 0.6) is 5.75 Å². The SMILES string of the molecule is CCCCCCC(=O)N(CCCOc1ccc(C[C@H](Nc2ccccc2C(=O)c2ccccc2)C(=O)OC)cc1)Cc1ccccc1. The van der Waals surface area contributed by atoms with Gasteiger partial charge in [-0.25, -0.2) is 4.79 Å². The van der Waals surface area contributed by atoms with Crippen molar-refractivity contribution >= 4 is 23.3 Å². The number of ketones is 1. The van der Waals surface area contributed by atoms with E-state index in [4.69, 9.17) is 9.47 Å². The van der Waals surface area contributed by atoms with Crippen molar-refractivity contribution in [3.05, 3.63) is 131 Å². The van der Waals surface area contributed by atoms with Gasteiger partial charge in [0.15, 0.2) is 5.78 Å². The lowest BCUT2D eigenvalue weighted by molar-refractivity contribution is -0.141. The Bertz CT molecular complexity index is 1540. The second kappa shape index (κ2) is 18.9. The van der Waals surface area contributed by atoms with Crippen LogP contribution in [0.3, 0.4) is 0 Å². The number of esters is 1. The normalized spacial score (nSPS) is 11.4. The first-order valence-corrected chi connectivity index (χ1v) is 16.5. The van der Waals surface area contributed by atoms with E-state index in [-0.39, 0.29) is 11.7 Å². The van der Waals surface area contributed by atoms with E-state index >= 15 is 0 Å². The first-order chi connectivity index (χ1) is 23.0. The summed E-state index contributed by atoms with van der Waals surface area (Å²) < 4.78 is 11.1. The van der Waals surface area contributed by atoms with Crippen molar-refractivity contribution < 1.29 is 23.9 Å². The molecule has 0 fully saturated rings. The molecule has 1 atom stereocenters. The molecule has 0 bridgehead atoms. The summed E-state index contributed by atoms with van der Waals surface area (Å²) in [5.41, 5.74) is 3.66. The van der Waals surface area contributed by atoms with Gasteiger partial charge in [0, 0.05) is 42.7 Å². The van der Waals surface area contributed by atoms with Crippen molar-refractivity contribution in [2.24, 2.45) is 0 Å². The van der Waals surface area contributed by atoms with E-state index in [0.717, 1.165) is 42.6 Å². The second-order valence-electron chi connectivity index (χ2n) is 11.6. The number of hydrogen-bond donors (Lipinski definition) is 1. The Morgan fingerprint density at radius 1 is 0.745 bits per heavy atom. The van der Waals surface area contributed by atoms with Crippen LogP contribution >= 0.6 is 0 Å². The lowest BCUT2D eigenvalue weighted by atomic mass is 10.00. The molecule has 1 amide bonds. The molecule has 7 nitrogen and oxygen atoms in total. The van der Waals surface area contributed by atoms with Gasteiger partial charge in [-0.05, 0) is 48.2 Å². The fourth-order valence-electron chi connectivity index (χ4n) is 5.44. The van der Waals surface area contributed by atoms with E-state index in [2.05, 4.69) is 24.4 Å². The number of para-hydroxylation sites is 1. The molecular formula is C40H46N2O5. The van der Waals surface area contributed by atoms with Crippen molar-refractivity contribution in [2.45, 2.75) is 64.5 Å². The molecule has 0 aliphatic heterocycles. The number of amides is 1. The molecule has 0 heterocycles. The highest BCUT2D eigenvalue weighted by Crippen LogP contribution is 2.22. The summed E-state index contributed by atoms with van der Waals surface area (Å²) in [6.45, 7) is 3.88. The summed E-state index contributed by atoms with van der Waals surface area (Å²) in [5, 5.41) is 3.25. The van der Waals surface area contributed by atoms with Crippen molar-refractivity contribution in [1.29, 1.82) is 0 Å². The maximum Gasteiger partial charge on any atom is 0.328 e. The largest absolute Gasteiger partial charge is 0.494 e. The standard InChI is InChI=1S/C40H46N2O5/c1-3-4-5-12-22-38(43)42(30-32-16-8-6-9-17-32)27-15-28-47-34-25-23-31(24-26-34)29-37(40(45)46-2)41-36-21-14-13-20-35(36)39(44)33-18-10-7-11-19-33/h6-11,13-14,16-21,23-26,37,41H,3-5,12,15,22,27-30H2,1-2H3/t37-/m0/s1. The Morgan fingerprint density at radius 3 is 2.13 bits per heavy atom. The van der Waals surface area contributed by atoms with Crippen LogP contribution in [0.4, 0.5) is 5.69 Å². The Morgan fingerprint density at radius 2 is 1.43 bits per heavy atom. The summed E-state index contributed by atoms with van der Waals surface area (Å²) in [5.74, 6) is 0.358. The van der Waals surface area contributed by atoms with Gasteiger partial charge in [0.05, 0.1) is 13.7 Å². The number of hydrogen-bond acceptors (Lipinski definition) is 6. The van der Waals surface area contributed by atoms with Crippen molar-refractivity contribution in [3.8, 4) is 5.75 Å². The number of rotatable bonds is 19. The zero-order valence-electron chi connectivity index (χ0n) is 27.5. The fraction of sp³-hybridized carbons (Fsp3) is 0.325. The lowest BCUT2D eigenvalue weighted by Crippen LogP contribution is -2.33. The van der Waals surface area contributed by atoms with Crippen LogP contribution in [0.25, 0.3) is 0 Å². The van der Waals surface area contributed by atoms with Crippen LogP contribution < -0.4 is 10.1 Å². The topological polar surface area (TPSA) is 84.9 Å². The summed E-state index contributed by atoms with van der Waals surface area (Å²) in [6, 6.07) is 33.3. The molecule has 7 heteroatoms. The van der Waals surface area contributed by atoms with Gasteiger partial charge in [0.25, 0.3) is 0 Å². The van der Waals surface area contributed by atoms with Gasteiger partial charge in [-0.1, -0.05) is 111 Å². The number of carbonyl (C=O) groups excluding carboxylic acids is 3. The molecule has 0 aliphatic carbocycles. The number of nitrogens with zero attached hydrogens (tertiary/aromatic N) is 1. The van der Waals surface area contributed by atoms with Crippen LogP contribution in [0, 0.1) is 0 Å². The molecule has 246 valence electrons. The molecule has 4 rings (SSSR count). The number of unbranched alkanes of at least 4 members (excludes halogenated alkanes) is 3. The number of carbonyl (C=O) groups is 3. The summed E-state index contributed by atoms with van der Waals surface area (Å²) in [6.07, 6.45) is 5.95. The van der Waals surface area contributed by atoms with Crippen molar-refractivity contribution in [1.82, 2.24) is 4.90 Å². The zero-order valence-corrected chi connectivity index (χ0v) is 27.5. The highest BCUT2D eigenvalue weighted by atomic mass is 16.5. The quantitative estimate of drug-likeness (QED) is 0.0642. The molecule has 4 aromatic carbocycles. The highest BCUT2D eigenvalue weighted by molar-refractivity contribution is 6.12. The molecule has 0 unspecified atom stereocenters. The molecule has 0 aromatic heterocycles. The monoisotopic (exact) mass is 634 g/mol. The molecule has 4 aromatic rings. The van der Waals surface area contributed by atoms with E-state index < -0.39 is 12.0 Å². The van der Waals surface area contributed by atoms with Gasteiger partial charge in [-0.15, -0.1) is 0 Å². The molecule has 0 spiro atoms. The van der Waals surface area contributed by atoms with Gasteiger partial charge < -0.3 is 19.7 Å². The first-order valence-electron chi connectivity index (χ1n) is 16.5. The Kier molecular flexibility index (Phi) is 14.1. The third-order valence-corrected chi connectivity index (χ3v) is 8.04. The Hall–Kier alpha value is -4.91. The minimum Gasteiger partial charge on any atom is -0.494 e. The average Bonchev–Trinajstić information content (AvgIpc) is 3.12. The van der Waals surface area contributed by atoms with E-state index in [1.165, 1.54) is 7.11 Å². The molecule has 47 heavy (non-hydrogen) atoms. The molecular weight excluding hydrogens is 588 g/mol. The first kappa shape index (κ1) is 35.0. The van der Waals surface area contributed by atoms with E-state index in [0.29, 0.717) is 55.8 Å². The lowest BCUT2D eigenvalue weighted by Gasteiger charge is -2.23. The number of anilines is 1. The minimum absolute atomic E-state index is 0.127. The van der Waals surface area contributed by atoms with Crippen LogP contribution in [0.1, 0.15) is 72.5 Å². The predicted octanol–water partition coefficient (Wildman–Crippen LogP) is 7.88. The molecule has 0 saturated carbocycles. The number of benzene rings is 4. The van der Waals surface area contributed by atoms with E-state index in [1.807, 2.05) is 71.6 Å². The Balaban J connectivity index is 1.32. The van der Waals surface area contributed by atoms with Gasteiger partial charge in [0.2, 0.25) is 5.91 Å². The number of nitrogens with one attached hydrogen (secondary N) is 1. The van der Waals surface area contributed by atoms with Crippen LogP contribution in [0.15, 0.2) is 109 Å².